The summed E-state index contributed by atoms with van der Waals surface area (Å²) in [6, 6.07) is 7.79. The molecule has 0 bridgehead atoms. The van der Waals surface area contributed by atoms with E-state index in [0.717, 1.165) is 55.8 Å². The molecule has 156 valence electrons. The molecule has 6 nitrogen and oxygen atoms in total. The second kappa shape index (κ2) is 9.69. The fourth-order valence-corrected chi connectivity index (χ4v) is 5.00. The highest BCUT2D eigenvalue weighted by Crippen LogP contribution is 2.30. The van der Waals surface area contributed by atoms with E-state index in [0.29, 0.717) is 5.56 Å². The molecule has 1 aliphatic carbocycles. The number of amides is 1. The first kappa shape index (κ1) is 21.7. The van der Waals surface area contributed by atoms with Crippen molar-refractivity contribution in [1.82, 2.24) is 15.6 Å². The van der Waals surface area contributed by atoms with Gasteiger partial charge in [-0.3, -0.25) is 9.59 Å². The number of ether oxygens (including phenoxy) is 1. The molecule has 4 rings (SSSR count). The highest BCUT2D eigenvalue weighted by Gasteiger charge is 2.27. The predicted molar refractivity (Wildman–Crippen MR) is 115 cm³/mol. The van der Waals surface area contributed by atoms with Crippen molar-refractivity contribution in [3.63, 3.8) is 0 Å². The molecule has 1 aliphatic heterocycles. The number of aromatic nitrogens is 1. The number of fused-ring (bicyclic) bond motifs is 1. The number of thiazole rings is 1. The molecule has 1 aromatic carbocycles. The number of rotatable bonds is 4. The number of nitrogens with one attached hydrogen (secondary N) is 2. The van der Waals surface area contributed by atoms with E-state index in [2.05, 4.69) is 10.6 Å². The largest absolute Gasteiger partial charge is 0.469 e. The Morgan fingerprint density at radius 1 is 1.17 bits per heavy atom. The van der Waals surface area contributed by atoms with Crippen molar-refractivity contribution in [3.8, 4) is 10.6 Å². The van der Waals surface area contributed by atoms with E-state index in [1.165, 1.54) is 17.7 Å². The van der Waals surface area contributed by atoms with Gasteiger partial charge in [0, 0.05) is 41.6 Å². The Morgan fingerprint density at radius 2 is 1.90 bits per heavy atom. The molecule has 1 aromatic heterocycles. The van der Waals surface area contributed by atoms with Gasteiger partial charge in [0.15, 0.2) is 0 Å². The van der Waals surface area contributed by atoms with E-state index in [-0.39, 0.29) is 36.2 Å². The first-order valence-corrected chi connectivity index (χ1v) is 10.6. The van der Waals surface area contributed by atoms with Gasteiger partial charge in [-0.2, -0.15) is 0 Å². The van der Waals surface area contributed by atoms with E-state index in [9.17, 15) is 9.59 Å². The number of benzene rings is 1. The number of esters is 1. The summed E-state index contributed by atoms with van der Waals surface area (Å²) in [5.41, 5.74) is 2.90. The molecular weight excluding hydrogens is 410 g/mol. The third-order valence-corrected chi connectivity index (χ3v) is 6.74. The van der Waals surface area contributed by atoms with Crippen LogP contribution in [0.15, 0.2) is 24.3 Å². The van der Waals surface area contributed by atoms with Gasteiger partial charge in [0.1, 0.15) is 5.01 Å². The Labute approximate surface area is 180 Å². The van der Waals surface area contributed by atoms with Crippen molar-refractivity contribution < 1.29 is 14.3 Å². The van der Waals surface area contributed by atoms with Gasteiger partial charge in [-0.1, -0.05) is 12.1 Å². The molecule has 2 aromatic rings. The third-order valence-electron chi connectivity index (χ3n) is 5.59. The second-order valence-corrected chi connectivity index (χ2v) is 8.52. The van der Waals surface area contributed by atoms with Crippen LogP contribution in [0, 0.1) is 5.92 Å². The SMILES string of the molecule is COC(=O)[C@H]1CC[C@H](NC(=O)c2ccc(-c3nc4c(s3)CNCC4)cc2)CC1.Cl. The highest BCUT2D eigenvalue weighted by atomic mass is 35.5. The standard InChI is InChI=1S/C21H25N3O3S.ClH/c1-27-21(26)15-6-8-16(9-7-15)23-19(25)13-2-4-14(5-3-13)20-24-17-10-11-22-12-18(17)28-20;/h2-5,15-16,22H,6-12H2,1H3,(H,23,25);1H/t15-,16-;. The lowest BCUT2D eigenvalue weighted by molar-refractivity contribution is -0.146. The van der Waals surface area contributed by atoms with Crippen LogP contribution in [0.25, 0.3) is 10.6 Å². The Morgan fingerprint density at radius 3 is 2.55 bits per heavy atom. The molecule has 0 saturated heterocycles. The normalized spacial score (nSPS) is 20.9. The Hall–Kier alpha value is -1.96. The van der Waals surface area contributed by atoms with Crippen LogP contribution in [0.1, 0.15) is 46.6 Å². The molecule has 0 unspecified atom stereocenters. The first-order valence-electron chi connectivity index (χ1n) is 9.82. The molecule has 2 aliphatic rings. The number of hydrogen-bond acceptors (Lipinski definition) is 6. The minimum atomic E-state index is -0.139. The lowest BCUT2D eigenvalue weighted by Gasteiger charge is -2.27. The third kappa shape index (κ3) is 4.97. The van der Waals surface area contributed by atoms with Gasteiger partial charge in [0.05, 0.1) is 18.7 Å². The van der Waals surface area contributed by atoms with Crippen LogP contribution >= 0.6 is 23.7 Å². The van der Waals surface area contributed by atoms with Gasteiger partial charge >= 0.3 is 5.97 Å². The average Bonchev–Trinajstić information content (AvgIpc) is 3.18. The number of nitrogens with zero attached hydrogens (tertiary/aromatic N) is 1. The van der Waals surface area contributed by atoms with Gasteiger partial charge in [-0.25, -0.2) is 4.98 Å². The highest BCUT2D eigenvalue weighted by molar-refractivity contribution is 7.15. The predicted octanol–water partition coefficient (Wildman–Crippen LogP) is 3.34. The number of methoxy groups -OCH3 is 1. The van der Waals surface area contributed by atoms with E-state index in [1.54, 1.807) is 11.3 Å². The summed E-state index contributed by atoms with van der Waals surface area (Å²) in [6.07, 6.45) is 4.12. The lowest BCUT2D eigenvalue weighted by Crippen LogP contribution is -2.38. The van der Waals surface area contributed by atoms with Gasteiger partial charge in [0.25, 0.3) is 5.91 Å². The molecule has 2 heterocycles. The molecule has 1 fully saturated rings. The van der Waals surface area contributed by atoms with Gasteiger partial charge in [0.2, 0.25) is 0 Å². The minimum Gasteiger partial charge on any atom is -0.469 e. The van der Waals surface area contributed by atoms with Crippen molar-refractivity contribution in [1.29, 1.82) is 0 Å². The maximum absolute atomic E-state index is 12.6. The topological polar surface area (TPSA) is 80.3 Å². The van der Waals surface area contributed by atoms with Crippen molar-refractivity contribution in [2.75, 3.05) is 13.7 Å². The molecule has 8 heteroatoms. The molecule has 1 saturated carbocycles. The Kier molecular flexibility index (Phi) is 7.27. The second-order valence-electron chi connectivity index (χ2n) is 7.44. The first-order chi connectivity index (χ1) is 13.6. The Balaban J connectivity index is 0.00000240. The summed E-state index contributed by atoms with van der Waals surface area (Å²) in [7, 11) is 1.43. The number of carbonyl (C=O) groups is 2. The van der Waals surface area contributed by atoms with Gasteiger partial charge in [-0.15, -0.1) is 23.7 Å². The zero-order valence-electron chi connectivity index (χ0n) is 16.4. The van der Waals surface area contributed by atoms with Crippen LogP contribution in [0.3, 0.4) is 0 Å². The molecule has 29 heavy (non-hydrogen) atoms. The number of halogens is 1. The molecular formula is C21H26ClN3O3S. The van der Waals surface area contributed by atoms with Crippen LogP contribution < -0.4 is 10.6 Å². The monoisotopic (exact) mass is 435 g/mol. The fourth-order valence-electron chi connectivity index (χ4n) is 3.92. The van der Waals surface area contributed by atoms with E-state index in [1.807, 2.05) is 24.3 Å². The molecule has 2 N–H and O–H groups in total. The minimum absolute atomic E-state index is 0. The summed E-state index contributed by atoms with van der Waals surface area (Å²) < 4.78 is 4.82. The van der Waals surface area contributed by atoms with Gasteiger partial charge in [-0.05, 0) is 37.8 Å². The van der Waals surface area contributed by atoms with Crippen LogP contribution in [0.2, 0.25) is 0 Å². The average molecular weight is 436 g/mol. The number of hydrogen-bond donors (Lipinski definition) is 2. The molecule has 1 amide bonds. The van der Waals surface area contributed by atoms with Crippen molar-refractivity contribution >= 4 is 35.6 Å². The smallest absolute Gasteiger partial charge is 0.308 e. The Bertz CT molecular complexity index is 837. The van der Waals surface area contributed by atoms with Gasteiger partial charge < -0.3 is 15.4 Å². The zero-order valence-corrected chi connectivity index (χ0v) is 18.0. The summed E-state index contributed by atoms with van der Waals surface area (Å²) in [6.45, 7) is 1.88. The zero-order chi connectivity index (χ0) is 19.5. The van der Waals surface area contributed by atoms with Crippen LogP contribution in [0.4, 0.5) is 0 Å². The summed E-state index contributed by atoms with van der Waals surface area (Å²) in [4.78, 5) is 30.2. The summed E-state index contributed by atoms with van der Waals surface area (Å²) >= 11 is 1.72. The van der Waals surface area contributed by atoms with E-state index >= 15 is 0 Å². The van der Waals surface area contributed by atoms with Crippen molar-refractivity contribution in [2.24, 2.45) is 5.92 Å². The maximum Gasteiger partial charge on any atom is 0.308 e. The lowest BCUT2D eigenvalue weighted by atomic mass is 9.86. The van der Waals surface area contributed by atoms with Crippen LogP contribution in [-0.2, 0) is 22.5 Å². The van der Waals surface area contributed by atoms with Crippen molar-refractivity contribution in [2.45, 2.75) is 44.7 Å². The molecule has 0 radical (unpaired) electrons. The van der Waals surface area contributed by atoms with Crippen LogP contribution in [0.5, 0.6) is 0 Å². The van der Waals surface area contributed by atoms with E-state index in [4.69, 9.17) is 9.72 Å². The number of carbonyl (C=O) groups excluding carboxylic acids is 2. The maximum atomic E-state index is 12.6. The van der Waals surface area contributed by atoms with Crippen LogP contribution in [-0.4, -0.2) is 36.6 Å². The molecule has 0 spiro atoms. The summed E-state index contributed by atoms with van der Waals surface area (Å²) in [5, 5.41) is 7.49. The quantitative estimate of drug-likeness (QED) is 0.720. The van der Waals surface area contributed by atoms with Crippen molar-refractivity contribution in [3.05, 3.63) is 40.4 Å². The van der Waals surface area contributed by atoms with E-state index < -0.39 is 0 Å². The fraction of sp³-hybridized carbons (Fsp3) is 0.476. The summed E-state index contributed by atoms with van der Waals surface area (Å²) in [5.74, 6) is -0.229. The molecule has 0 atom stereocenters.